The van der Waals surface area contributed by atoms with Crippen molar-refractivity contribution in [2.24, 2.45) is 10.7 Å². The molecular weight excluding hydrogens is 439 g/mol. The molecule has 26 heavy (non-hydrogen) atoms. The van der Waals surface area contributed by atoms with E-state index in [4.69, 9.17) is 5.73 Å². The van der Waals surface area contributed by atoms with E-state index in [-0.39, 0.29) is 29.9 Å². The summed E-state index contributed by atoms with van der Waals surface area (Å²) in [4.78, 5) is 16.0. The van der Waals surface area contributed by atoms with Gasteiger partial charge in [0.05, 0.1) is 6.54 Å². The highest BCUT2D eigenvalue weighted by atomic mass is 127. The number of rotatable bonds is 4. The zero-order valence-corrected chi connectivity index (χ0v) is 17.2. The summed E-state index contributed by atoms with van der Waals surface area (Å²) in [5.41, 5.74) is 11.5. The van der Waals surface area contributed by atoms with E-state index in [1.54, 1.807) is 19.2 Å². The van der Waals surface area contributed by atoms with Crippen LogP contribution < -0.4 is 16.4 Å². The molecule has 1 amide bonds. The molecule has 0 radical (unpaired) electrons. The van der Waals surface area contributed by atoms with Crippen molar-refractivity contribution in [2.45, 2.75) is 32.2 Å². The molecule has 6 heteroatoms. The number of hydrogen-bond donors (Lipinski definition) is 3. The van der Waals surface area contributed by atoms with Crippen LogP contribution in [-0.4, -0.2) is 18.9 Å². The van der Waals surface area contributed by atoms with Crippen molar-refractivity contribution in [2.75, 3.05) is 12.4 Å². The molecule has 0 heterocycles. The van der Waals surface area contributed by atoms with Crippen molar-refractivity contribution >= 4 is 41.5 Å². The number of aliphatic imine (C=N–C) groups is 1. The largest absolute Gasteiger partial charge is 0.370 e. The molecule has 5 nitrogen and oxygen atoms in total. The van der Waals surface area contributed by atoms with Gasteiger partial charge in [0.1, 0.15) is 0 Å². The summed E-state index contributed by atoms with van der Waals surface area (Å²) in [5, 5.41) is 5.85. The second kappa shape index (κ2) is 9.56. The summed E-state index contributed by atoms with van der Waals surface area (Å²) < 4.78 is 0. The normalized spacial score (nSPS) is 13.3. The molecule has 2 aromatic carbocycles. The van der Waals surface area contributed by atoms with Crippen LogP contribution in [0.1, 0.15) is 39.9 Å². The fourth-order valence-corrected chi connectivity index (χ4v) is 3.16. The van der Waals surface area contributed by atoms with Gasteiger partial charge in [-0.25, -0.2) is 4.99 Å². The zero-order chi connectivity index (χ0) is 17.6. The Bertz CT molecular complexity index is 787. The van der Waals surface area contributed by atoms with Crippen molar-refractivity contribution in [3.8, 4) is 0 Å². The van der Waals surface area contributed by atoms with Gasteiger partial charge in [-0.05, 0) is 60.6 Å². The van der Waals surface area contributed by atoms with Gasteiger partial charge in [0.2, 0.25) is 0 Å². The molecule has 0 unspecified atom stereocenters. The lowest BCUT2D eigenvalue weighted by Crippen LogP contribution is -2.24. The van der Waals surface area contributed by atoms with Crippen LogP contribution in [0.15, 0.2) is 47.5 Å². The van der Waals surface area contributed by atoms with Gasteiger partial charge in [0.25, 0.3) is 5.91 Å². The van der Waals surface area contributed by atoms with Crippen LogP contribution in [0.3, 0.4) is 0 Å². The number of benzene rings is 2. The molecule has 1 aliphatic rings. The summed E-state index contributed by atoms with van der Waals surface area (Å²) in [7, 11) is 1.62. The number of hydrogen-bond acceptors (Lipinski definition) is 2. The van der Waals surface area contributed by atoms with Crippen molar-refractivity contribution in [1.82, 2.24) is 5.32 Å². The molecule has 138 valence electrons. The van der Waals surface area contributed by atoms with Crippen molar-refractivity contribution < 1.29 is 4.79 Å². The summed E-state index contributed by atoms with van der Waals surface area (Å²) in [6.45, 7) is 0.474. The first-order valence-corrected chi connectivity index (χ1v) is 8.66. The highest BCUT2D eigenvalue weighted by Crippen LogP contribution is 2.27. The van der Waals surface area contributed by atoms with Gasteiger partial charge in [0.15, 0.2) is 5.96 Å². The zero-order valence-electron chi connectivity index (χ0n) is 14.9. The number of aryl methyl sites for hydroxylation is 1. The van der Waals surface area contributed by atoms with E-state index < -0.39 is 0 Å². The van der Waals surface area contributed by atoms with Crippen LogP contribution in [0.2, 0.25) is 0 Å². The molecule has 0 saturated carbocycles. The van der Waals surface area contributed by atoms with Gasteiger partial charge >= 0.3 is 0 Å². The highest BCUT2D eigenvalue weighted by molar-refractivity contribution is 14.0. The van der Waals surface area contributed by atoms with E-state index in [0.29, 0.717) is 18.1 Å². The molecule has 0 saturated heterocycles. The summed E-state index contributed by atoms with van der Waals surface area (Å²) in [6.07, 6.45) is 4.71. The molecule has 1 aliphatic carbocycles. The monoisotopic (exact) mass is 464 g/mol. The van der Waals surface area contributed by atoms with E-state index in [0.717, 1.165) is 24.1 Å². The van der Waals surface area contributed by atoms with Gasteiger partial charge in [0, 0.05) is 18.3 Å². The Hall–Kier alpha value is -2.09. The third-order valence-corrected chi connectivity index (χ3v) is 4.53. The van der Waals surface area contributed by atoms with Gasteiger partial charge in [-0.3, -0.25) is 4.79 Å². The molecular formula is C20H25IN4O. The van der Waals surface area contributed by atoms with Gasteiger partial charge < -0.3 is 16.4 Å². The fraction of sp³-hybridized carbons (Fsp3) is 0.300. The Balaban J connectivity index is 0.00000243. The van der Waals surface area contributed by atoms with E-state index in [1.165, 1.54) is 24.0 Å². The first kappa shape index (κ1) is 20.2. The highest BCUT2D eigenvalue weighted by Gasteiger charge is 2.13. The van der Waals surface area contributed by atoms with Crippen molar-refractivity contribution in [1.29, 1.82) is 0 Å². The molecule has 0 aromatic heterocycles. The Morgan fingerprint density at radius 3 is 2.58 bits per heavy atom. The predicted octanol–water partition coefficient (Wildman–Crippen LogP) is 3.47. The Kier molecular flexibility index (Phi) is 7.44. The Morgan fingerprint density at radius 2 is 1.85 bits per heavy atom. The molecule has 3 rings (SSSR count). The molecule has 0 atom stereocenters. The second-order valence-electron chi connectivity index (χ2n) is 6.25. The van der Waals surface area contributed by atoms with E-state index in [9.17, 15) is 4.79 Å². The van der Waals surface area contributed by atoms with E-state index in [1.807, 2.05) is 12.1 Å². The quantitative estimate of drug-likeness (QED) is 0.369. The van der Waals surface area contributed by atoms with Crippen LogP contribution in [0.5, 0.6) is 0 Å². The number of nitrogens with zero attached hydrogens (tertiary/aromatic N) is 1. The van der Waals surface area contributed by atoms with Gasteiger partial charge in [-0.2, -0.15) is 0 Å². The van der Waals surface area contributed by atoms with Crippen LogP contribution in [0.25, 0.3) is 0 Å². The number of carbonyl (C=O) groups excluding carboxylic acids is 1. The number of anilines is 1. The minimum atomic E-state index is -0.0925. The van der Waals surface area contributed by atoms with Crippen LogP contribution in [0.4, 0.5) is 5.69 Å². The average molecular weight is 464 g/mol. The SMILES string of the molecule is CNC(=O)c1ccc(CN=C(N)Nc2cccc3c2CCCC3)cc1.I. The Labute approximate surface area is 171 Å². The first-order chi connectivity index (χ1) is 12.2. The third kappa shape index (κ3) is 4.97. The number of fused-ring (bicyclic) bond motifs is 1. The lowest BCUT2D eigenvalue weighted by Gasteiger charge is -2.19. The molecule has 4 N–H and O–H groups in total. The van der Waals surface area contributed by atoms with Crippen LogP contribution in [-0.2, 0) is 19.4 Å². The van der Waals surface area contributed by atoms with Crippen LogP contribution in [0, 0.1) is 0 Å². The molecule has 0 fully saturated rings. The minimum Gasteiger partial charge on any atom is -0.370 e. The molecule has 0 aliphatic heterocycles. The predicted molar refractivity (Wildman–Crippen MR) is 117 cm³/mol. The summed E-state index contributed by atoms with van der Waals surface area (Å²) in [5.74, 6) is 0.319. The minimum absolute atomic E-state index is 0. The number of amides is 1. The smallest absolute Gasteiger partial charge is 0.251 e. The number of guanidine groups is 1. The molecule has 2 aromatic rings. The van der Waals surface area contributed by atoms with Gasteiger partial charge in [-0.15, -0.1) is 24.0 Å². The summed E-state index contributed by atoms with van der Waals surface area (Å²) in [6, 6.07) is 13.7. The molecule has 0 spiro atoms. The fourth-order valence-electron chi connectivity index (χ4n) is 3.16. The summed E-state index contributed by atoms with van der Waals surface area (Å²) >= 11 is 0. The lowest BCUT2D eigenvalue weighted by molar-refractivity contribution is 0.0963. The maximum absolute atomic E-state index is 11.5. The number of carbonyl (C=O) groups is 1. The maximum Gasteiger partial charge on any atom is 0.251 e. The molecule has 0 bridgehead atoms. The first-order valence-electron chi connectivity index (χ1n) is 8.66. The van der Waals surface area contributed by atoms with Crippen molar-refractivity contribution in [3.05, 3.63) is 64.7 Å². The number of nitrogens with one attached hydrogen (secondary N) is 2. The number of halogens is 1. The number of nitrogens with two attached hydrogens (primary N) is 1. The topological polar surface area (TPSA) is 79.5 Å². The van der Waals surface area contributed by atoms with Crippen LogP contribution >= 0.6 is 24.0 Å². The second-order valence-corrected chi connectivity index (χ2v) is 6.25. The Morgan fingerprint density at radius 1 is 1.12 bits per heavy atom. The lowest BCUT2D eigenvalue weighted by atomic mass is 9.90. The van der Waals surface area contributed by atoms with Gasteiger partial charge in [-0.1, -0.05) is 24.3 Å². The maximum atomic E-state index is 11.5. The standard InChI is InChI=1S/C20H24N4O.HI/c1-22-19(25)16-11-9-14(10-12-16)13-23-20(21)24-18-8-4-6-15-5-2-3-7-17(15)18;/h4,6,8-12H,2-3,5,7,13H2,1H3,(H,22,25)(H3,21,23,24);1H. The van der Waals surface area contributed by atoms with E-state index in [2.05, 4.69) is 33.8 Å². The third-order valence-electron chi connectivity index (χ3n) is 4.53. The van der Waals surface area contributed by atoms with Crippen molar-refractivity contribution in [3.63, 3.8) is 0 Å². The average Bonchev–Trinajstić information content (AvgIpc) is 2.66. The van der Waals surface area contributed by atoms with E-state index >= 15 is 0 Å².